The molecule has 1 aromatic carbocycles. The van der Waals surface area contributed by atoms with Crippen LogP contribution in [0.3, 0.4) is 0 Å². The zero-order valence-electron chi connectivity index (χ0n) is 16.9. The highest BCUT2D eigenvalue weighted by atomic mass is 16.3. The van der Waals surface area contributed by atoms with Crippen LogP contribution in [-0.4, -0.2) is 48.3 Å². The summed E-state index contributed by atoms with van der Waals surface area (Å²) in [5.74, 6) is 1.65. The first kappa shape index (κ1) is 18.8. The molecule has 2 saturated heterocycles. The molecule has 1 spiro atoms. The van der Waals surface area contributed by atoms with E-state index in [-0.39, 0.29) is 23.1 Å². The molecule has 1 aromatic heterocycles. The second-order valence-electron chi connectivity index (χ2n) is 8.48. The summed E-state index contributed by atoms with van der Waals surface area (Å²) in [5.41, 5.74) is 1.86. The van der Waals surface area contributed by atoms with Gasteiger partial charge in [-0.1, -0.05) is 30.3 Å². The quantitative estimate of drug-likeness (QED) is 0.797. The fraction of sp³-hybridized carbons (Fsp3) is 0.478. The Morgan fingerprint density at radius 2 is 1.82 bits per heavy atom. The van der Waals surface area contributed by atoms with Crippen LogP contribution >= 0.6 is 0 Å². The van der Waals surface area contributed by atoms with Crippen molar-refractivity contribution in [3.05, 3.63) is 59.0 Å². The number of carbonyl (C=O) groups excluding carboxylic acids is 2. The van der Waals surface area contributed by atoms with Crippen LogP contribution in [0.2, 0.25) is 0 Å². The second-order valence-corrected chi connectivity index (χ2v) is 8.48. The number of furan rings is 1. The van der Waals surface area contributed by atoms with Gasteiger partial charge in [-0.2, -0.15) is 0 Å². The summed E-state index contributed by atoms with van der Waals surface area (Å²) in [6, 6.07) is 11.9. The Hall–Kier alpha value is -2.56. The molecule has 2 aliphatic heterocycles. The SMILES string of the molecule is Cc1cc(C(=O)N2CCC3(CC2)CC(c2ccccc2)C(=O)N(C)C3)c(C)o1. The lowest BCUT2D eigenvalue weighted by atomic mass is 9.67. The normalized spacial score (nSPS) is 22.0. The Morgan fingerprint density at radius 1 is 1.14 bits per heavy atom. The topological polar surface area (TPSA) is 53.8 Å². The van der Waals surface area contributed by atoms with Crippen molar-refractivity contribution in [2.45, 2.75) is 39.0 Å². The van der Waals surface area contributed by atoms with Gasteiger partial charge >= 0.3 is 0 Å². The minimum atomic E-state index is -0.0824. The molecule has 0 radical (unpaired) electrons. The Bertz CT molecular complexity index is 879. The molecule has 1 unspecified atom stereocenters. The van der Waals surface area contributed by atoms with Gasteiger partial charge in [-0.25, -0.2) is 0 Å². The van der Waals surface area contributed by atoms with Gasteiger partial charge in [-0.3, -0.25) is 9.59 Å². The van der Waals surface area contributed by atoms with E-state index < -0.39 is 0 Å². The number of hydrogen-bond acceptors (Lipinski definition) is 3. The summed E-state index contributed by atoms with van der Waals surface area (Å²) in [7, 11) is 1.91. The smallest absolute Gasteiger partial charge is 0.257 e. The molecule has 0 aliphatic carbocycles. The van der Waals surface area contributed by atoms with Gasteiger partial charge in [0, 0.05) is 26.7 Å². The summed E-state index contributed by atoms with van der Waals surface area (Å²) in [6.45, 7) is 5.95. The molecular weight excluding hydrogens is 352 g/mol. The van der Waals surface area contributed by atoms with Crippen molar-refractivity contribution in [1.29, 1.82) is 0 Å². The van der Waals surface area contributed by atoms with Gasteiger partial charge in [-0.05, 0) is 50.2 Å². The molecule has 0 N–H and O–H groups in total. The minimum absolute atomic E-state index is 0.0593. The number of carbonyl (C=O) groups is 2. The molecule has 4 rings (SSSR count). The van der Waals surface area contributed by atoms with Crippen LogP contribution in [0.15, 0.2) is 40.8 Å². The van der Waals surface area contributed by atoms with Gasteiger partial charge < -0.3 is 14.2 Å². The number of hydrogen-bond donors (Lipinski definition) is 0. The van der Waals surface area contributed by atoms with Crippen LogP contribution in [-0.2, 0) is 4.79 Å². The lowest BCUT2D eigenvalue weighted by Gasteiger charge is -2.49. The van der Waals surface area contributed by atoms with E-state index in [0.717, 1.165) is 50.2 Å². The van der Waals surface area contributed by atoms with Crippen LogP contribution in [0.5, 0.6) is 0 Å². The third-order valence-corrected chi connectivity index (χ3v) is 6.47. The molecule has 2 aromatic rings. The first-order valence-electron chi connectivity index (χ1n) is 10.0. The van der Waals surface area contributed by atoms with E-state index in [4.69, 9.17) is 4.42 Å². The highest BCUT2D eigenvalue weighted by molar-refractivity contribution is 5.95. The van der Waals surface area contributed by atoms with Crippen LogP contribution in [0.4, 0.5) is 0 Å². The molecule has 2 amide bonds. The molecule has 148 valence electrons. The molecule has 0 saturated carbocycles. The highest BCUT2D eigenvalue weighted by Crippen LogP contribution is 2.45. The van der Waals surface area contributed by atoms with Crippen LogP contribution in [0, 0.1) is 19.3 Å². The van der Waals surface area contributed by atoms with Crippen LogP contribution < -0.4 is 0 Å². The van der Waals surface area contributed by atoms with Crippen molar-refractivity contribution in [2.24, 2.45) is 5.41 Å². The van der Waals surface area contributed by atoms with Crippen molar-refractivity contribution >= 4 is 11.8 Å². The lowest BCUT2D eigenvalue weighted by molar-refractivity contribution is -0.139. The first-order valence-corrected chi connectivity index (χ1v) is 10.0. The van der Waals surface area contributed by atoms with E-state index in [1.54, 1.807) is 0 Å². The van der Waals surface area contributed by atoms with Gasteiger partial charge in [0.15, 0.2) is 0 Å². The number of benzene rings is 1. The predicted molar refractivity (Wildman–Crippen MR) is 107 cm³/mol. The monoisotopic (exact) mass is 380 g/mol. The lowest BCUT2D eigenvalue weighted by Crippen LogP contribution is -2.53. The third-order valence-electron chi connectivity index (χ3n) is 6.47. The van der Waals surface area contributed by atoms with Crippen molar-refractivity contribution in [1.82, 2.24) is 9.80 Å². The Labute approximate surface area is 166 Å². The summed E-state index contributed by atoms with van der Waals surface area (Å²) < 4.78 is 5.53. The number of nitrogens with zero attached hydrogens (tertiary/aromatic N) is 2. The molecule has 2 aliphatic rings. The van der Waals surface area contributed by atoms with Gasteiger partial charge in [0.05, 0.1) is 11.5 Å². The molecule has 5 heteroatoms. The van der Waals surface area contributed by atoms with Crippen molar-refractivity contribution in [3.63, 3.8) is 0 Å². The Kier molecular flexibility index (Phi) is 4.77. The fourth-order valence-electron chi connectivity index (χ4n) is 4.94. The molecular formula is C23H28N2O3. The zero-order chi connectivity index (χ0) is 19.9. The maximum atomic E-state index is 12.9. The molecule has 3 heterocycles. The van der Waals surface area contributed by atoms with Crippen molar-refractivity contribution in [2.75, 3.05) is 26.7 Å². The number of amides is 2. The van der Waals surface area contributed by atoms with Crippen molar-refractivity contribution in [3.8, 4) is 0 Å². The summed E-state index contributed by atoms with van der Waals surface area (Å²) in [5, 5.41) is 0. The number of piperidine rings is 2. The maximum absolute atomic E-state index is 12.9. The van der Waals surface area contributed by atoms with Gasteiger partial charge in [0.1, 0.15) is 11.5 Å². The standard InChI is InChI=1S/C23H28N2O3/c1-16-13-19(17(2)28-16)22(27)25-11-9-23(10-12-25)14-20(21(26)24(3)15-23)18-7-5-4-6-8-18/h4-8,13,20H,9-12,14-15H2,1-3H3. The highest BCUT2D eigenvalue weighted by Gasteiger charge is 2.45. The van der Waals surface area contributed by atoms with Gasteiger partial charge in [-0.15, -0.1) is 0 Å². The van der Waals surface area contributed by atoms with Gasteiger partial charge in [0.25, 0.3) is 5.91 Å². The Balaban J connectivity index is 1.49. The molecule has 5 nitrogen and oxygen atoms in total. The summed E-state index contributed by atoms with van der Waals surface area (Å²) >= 11 is 0. The average molecular weight is 380 g/mol. The van der Waals surface area contributed by atoms with E-state index in [1.165, 1.54) is 0 Å². The summed E-state index contributed by atoms with van der Waals surface area (Å²) in [4.78, 5) is 29.5. The predicted octanol–water partition coefficient (Wildman–Crippen LogP) is 3.76. The second kappa shape index (κ2) is 7.12. The number of rotatable bonds is 2. The number of likely N-dealkylation sites (N-methyl/N-ethyl adjacent to an activating group) is 1. The Morgan fingerprint density at radius 3 is 2.43 bits per heavy atom. The van der Waals surface area contributed by atoms with E-state index in [1.807, 2.05) is 55.0 Å². The minimum Gasteiger partial charge on any atom is -0.466 e. The van der Waals surface area contributed by atoms with E-state index >= 15 is 0 Å². The van der Waals surface area contributed by atoms with Crippen LogP contribution in [0.1, 0.15) is 52.6 Å². The number of likely N-dealkylation sites (tertiary alicyclic amines) is 2. The average Bonchev–Trinajstić information content (AvgIpc) is 3.04. The van der Waals surface area contributed by atoms with E-state index in [0.29, 0.717) is 11.3 Å². The molecule has 1 atom stereocenters. The zero-order valence-corrected chi connectivity index (χ0v) is 16.9. The van der Waals surface area contributed by atoms with E-state index in [9.17, 15) is 9.59 Å². The summed E-state index contributed by atoms with van der Waals surface area (Å²) in [6.07, 6.45) is 2.72. The molecule has 2 fully saturated rings. The van der Waals surface area contributed by atoms with Crippen LogP contribution in [0.25, 0.3) is 0 Å². The van der Waals surface area contributed by atoms with Crippen molar-refractivity contribution < 1.29 is 14.0 Å². The third kappa shape index (κ3) is 3.34. The largest absolute Gasteiger partial charge is 0.466 e. The maximum Gasteiger partial charge on any atom is 0.257 e. The molecule has 28 heavy (non-hydrogen) atoms. The fourth-order valence-corrected chi connectivity index (χ4v) is 4.94. The van der Waals surface area contributed by atoms with E-state index in [2.05, 4.69) is 12.1 Å². The first-order chi connectivity index (χ1) is 13.4. The molecule has 0 bridgehead atoms. The number of aryl methyl sites for hydroxylation is 2. The van der Waals surface area contributed by atoms with Gasteiger partial charge in [0.2, 0.25) is 5.91 Å².